The van der Waals surface area contributed by atoms with E-state index >= 15 is 0 Å². The second kappa shape index (κ2) is 8.05. The van der Waals surface area contributed by atoms with Crippen LogP contribution in [0.4, 0.5) is 9.52 Å². The van der Waals surface area contributed by atoms with Gasteiger partial charge in [-0.2, -0.15) is 9.36 Å². The van der Waals surface area contributed by atoms with Crippen LogP contribution in [0.1, 0.15) is 25.3 Å². The fourth-order valence-electron chi connectivity index (χ4n) is 2.24. The van der Waals surface area contributed by atoms with Crippen molar-refractivity contribution in [1.82, 2.24) is 9.36 Å². The molecule has 26 heavy (non-hydrogen) atoms. The maximum atomic E-state index is 13.0. The number of hydrogen-bond donors (Lipinski definition) is 1. The van der Waals surface area contributed by atoms with E-state index in [2.05, 4.69) is 28.5 Å². The lowest BCUT2D eigenvalue weighted by Crippen LogP contribution is -2.20. The Bertz CT molecular complexity index is 877. The van der Waals surface area contributed by atoms with Crippen LogP contribution < -0.4 is 10.1 Å². The quantitative estimate of drug-likeness (QED) is 0.694. The summed E-state index contributed by atoms with van der Waals surface area (Å²) in [6.07, 6.45) is 0. The summed E-state index contributed by atoms with van der Waals surface area (Å²) < 4.78 is 22.6. The van der Waals surface area contributed by atoms with Gasteiger partial charge in [0.15, 0.2) is 12.4 Å². The van der Waals surface area contributed by atoms with E-state index in [1.807, 2.05) is 24.3 Å². The summed E-state index contributed by atoms with van der Waals surface area (Å²) in [4.78, 5) is 16.2. The molecule has 0 spiro atoms. The molecule has 0 bridgehead atoms. The number of anilines is 1. The molecule has 2 aromatic carbocycles. The van der Waals surface area contributed by atoms with E-state index in [1.54, 1.807) is 12.1 Å². The maximum absolute atomic E-state index is 13.0. The van der Waals surface area contributed by atoms with Gasteiger partial charge in [0.25, 0.3) is 5.91 Å². The lowest BCUT2D eigenvalue weighted by atomic mass is 10.0. The highest BCUT2D eigenvalue weighted by atomic mass is 32.1. The number of benzene rings is 2. The monoisotopic (exact) mass is 371 g/mol. The van der Waals surface area contributed by atoms with Crippen LogP contribution in [0, 0.1) is 5.82 Å². The number of nitrogens with one attached hydrogen (secondary N) is 1. The second-order valence-electron chi connectivity index (χ2n) is 5.99. The van der Waals surface area contributed by atoms with E-state index in [-0.39, 0.29) is 18.3 Å². The van der Waals surface area contributed by atoms with Gasteiger partial charge in [0.1, 0.15) is 11.6 Å². The predicted octanol–water partition coefficient (Wildman–Crippen LogP) is 4.49. The highest BCUT2D eigenvalue weighted by molar-refractivity contribution is 7.10. The molecule has 0 saturated heterocycles. The van der Waals surface area contributed by atoms with Gasteiger partial charge in [-0.05, 0) is 47.9 Å². The van der Waals surface area contributed by atoms with Gasteiger partial charge in [0, 0.05) is 17.1 Å². The van der Waals surface area contributed by atoms with Crippen LogP contribution in [0.3, 0.4) is 0 Å². The first-order chi connectivity index (χ1) is 12.5. The third-order valence-corrected chi connectivity index (χ3v) is 4.32. The van der Waals surface area contributed by atoms with Gasteiger partial charge < -0.3 is 4.74 Å². The third kappa shape index (κ3) is 4.64. The summed E-state index contributed by atoms with van der Waals surface area (Å²) in [5.74, 6) is 0.875. The van der Waals surface area contributed by atoms with Crippen LogP contribution in [0.25, 0.3) is 11.4 Å². The minimum atomic E-state index is -0.323. The number of ether oxygens (including phenoxy) is 1. The van der Waals surface area contributed by atoms with Crippen molar-refractivity contribution in [3.8, 4) is 17.1 Å². The van der Waals surface area contributed by atoms with Crippen LogP contribution >= 0.6 is 11.5 Å². The van der Waals surface area contributed by atoms with E-state index in [1.165, 1.54) is 17.7 Å². The van der Waals surface area contributed by atoms with Crippen LogP contribution in [-0.4, -0.2) is 21.9 Å². The molecule has 0 fully saturated rings. The van der Waals surface area contributed by atoms with E-state index in [4.69, 9.17) is 4.74 Å². The second-order valence-corrected chi connectivity index (χ2v) is 6.74. The zero-order valence-corrected chi connectivity index (χ0v) is 15.2. The fourth-order valence-corrected chi connectivity index (χ4v) is 2.85. The molecule has 0 aliphatic heterocycles. The molecule has 1 heterocycles. The first-order valence-corrected chi connectivity index (χ1v) is 8.91. The number of carbonyl (C=O) groups excluding carboxylic acids is 1. The standard InChI is InChI=1S/C19H18FN3O2S/c1-12(2)13-5-9-16(10-6-13)25-11-17(24)21-19-22-18(23-26-19)14-3-7-15(20)8-4-14/h3-10,12H,11H2,1-2H3,(H,21,22,23,24). The van der Waals surface area contributed by atoms with Crippen molar-refractivity contribution >= 4 is 22.6 Å². The Hall–Kier alpha value is -2.80. The number of amides is 1. The van der Waals surface area contributed by atoms with E-state index in [0.29, 0.717) is 28.2 Å². The van der Waals surface area contributed by atoms with Gasteiger partial charge in [-0.15, -0.1) is 0 Å². The average Bonchev–Trinajstić information content (AvgIpc) is 3.09. The molecule has 0 unspecified atom stereocenters. The molecule has 0 aliphatic carbocycles. The minimum Gasteiger partial charge on any atom is -0.484 e. The Morgan fingerprint density at radius 3 is 2.50 bits per heavy atom. The highest BCUT2D eigenvalue weighted by Gasteiger charge is 2.10. The molecule has 0 atom stereocenters. The predicted molar refractivity (Wildman–Crippen MR) is 100.0 cm³/mol. The lowest BCUT2D eigenvalue weighted by Gasteiger charge is -2.08. The number of hydrogen-bond acceptors (Lipinski definition) is 5. The van der Waals surface area contributed by atoms with Gasteiger partial charge in [0.05, 0.1) is 0 Å². The average molecular weight is 371 g/mol. The maximum Gasteiger partial charge on any atom is 0.264 e. The van der Waals surface area contributed by atoms with Gasteiger partial charge in [-0.25, -0.2) is 4.39 Å². The van der Waals surface area contributed by atoms with E-state index in [0.717, 1.165) is 11.5 Å². The molecule has 0 aliphatic rings. The van der Waals surface area contributed by atoms with Crippen molar-refractivity contribution in [2.45, 2.75) is 19.8 Å². The number of nitrogens with zero attached hydrogens (tertiary/aromatic N) is 2. The summed E-state index contributed by atoms with van der Waals surface area (Å²) in [6, 6.07) is 13.5. The summed E-state index contributed by atoms with van der Waals surface area (Å²) in [5.41, 5.74) is 1.90. The third-order valence-electron chi connectivity index (χ3n) is 3.69. The van der Waals surface area contributed by atoms with Crippen LogP contribution in [-0.2, 0) is 4.79 Å². The van der Waals surface area contributed by atoms with Crippen molar-refractivity contribution in [2.24, 2.45) is 0 Å². The minimum absolute atomic E-state index is 0.119. The Morgan fingerprint density at radius 2 is 1.85 bits per heavy atom. The van der Waals surface area contributed by atoms with Crippen molar-refractivity contribution in [2.75, 3.05) is 11.9 Å². The summed E-state index contributed by atoms with van der Waals surface area (Å²) in [5, 5.41) is 3.02. The molecule has 1 amide bonds. The smallest absolute Gasteiger partial charge is 0.264 e. The van der Waals surface area contributed by atoms with Crippen molar-refractivity contribution in [3.63, 3.8) is 0 Å². The topological polar surface area (TPSA) is 64.1 Å². The largest absolute Gasteiger partial charge is 0.484 e. The number of aromatic nitrogens is 2. The van der Waals surface area contributed by atoms with Crippen LogP contribution in [0.2, 0.25) is 0 Å². The zero-order chi connectivity index (χ0) is 18.5. The van der Waals surface area contributed by atoms with Crippen molar-refractivity contribution in [3.05, 3.63) is 59.9 Å². The molecule has 1 aromatic heterocycles. The number of halogens is 1. The Morgan fingerprint density at radius 1 is 1.15 bits per heavy atom. The molecule has 7 heteroatoms. The van der Waals surface area contributed by atoms with E-state index < -0.39 is 0 Å². The molecule has 0 radical (unpaired) electrons. The van der Waals surface area contributed by atoms with E-state index in [9.17, 15) is 9.18 Å². The Labute approximate surface area is 155 Å². The number of carbonyl (C=O) groups is 1. The lowest BCUT2D eigenvalue weighted by molar-refractivity contribution is -0.118. The Balaban J connectivity index is 1.54. The summed E-state index contributed by atoms with van der Waals surface area (Å²) in [7, 11) is 0. The van der Waals surface area contributed by atoms with Crippen molar-refractivity contribution in [1.29, 1.82) is 0 Å². The van der Waals surface area contributed by atoms with Gasteiger partial charge >= 0.3 is 0 Å². The van der Waals surface area contributed by atoms with Crippen LogP contribution in [0.5, 0.6) is 5.75 Å². The zero-order valence-electron chi connectivity index (χ0n) is 14.4. The molecular formula is C19H18FN3O2S. The Kier molecular flexibility index (Phi) is 5.58. The highest BCUT2D eigenvalue weighted by Crippen LogP contribution is 2.22. The first-order valence-electron chi connectivity index (χ1n) is 8.13. The molecule has 5 nitrogen and oxygen atoms in total. The van der Waals surface area contributed by atoms with Crippen LogP contribution in [0.15, 0.2) is 48.5 Å². The molecule has 3 rings (SSSR count). The van der Waals surface area contributed by atoms with Gasteiger partial charge in [-0.3, -0.25) is 10.1 Å². The molecular weight excluding hydrogens is 353 g/mol. The summed E-state index contributed by atoms with van der Waals surface area (Å²) in [6.45, 7) is 4.11. The normalized spacial score (nSPS) is 10.8. The summed E-state index contributed by atoms with van der Waals surface area (Å²) >= 11 is 1.06. The molecule has 134 valence electrons. The SMILES string of the molecule is CC(C)c1ccc(OCC(=O)Nc2nc(-c3ccc(F)cc3)ns2)cc1. The molecule has 0 saturated carbocycles. The van der Waals surface area contributed by atoms with Crippen molar-refractivity contribution < 1.29 is 13.9 Å². The fraction of sp³-hybridized carbons (Fsp3) is 0.211. The first kappa shape index (κ1) is 18.0. The number of rotatable bonds is 6. The van der Waals surface area contributed by atoms with Gasteiger partial charge in [0.2, 0.25) is 5.13 Å². The molecule has 1 N–H and O–H groups in total. The molecule has 3 aromatic rings. The van der Waals surface area contributed by atoms with Gasteiger partial charge in [-0.1, -0.05) is 26.0 Å².